The standard InChI is InChI=1S/C24H30N2O/c1-7-12-26-22-13-17(2)19(14-20(22)18(3)15-24(26,4)5)16-25-21-10-8-9-11-23(21)27-6/h8-11,13-16H,7,12H2,1-6H3. The number of aliphatic imine (C=N–C) groups is 1. The minimum Gasteiger partial charge on any atom is -0.494 e. The van der Waals surface area contributed by atoms with E-state index in [1.807, 2.05) is 30.5 Å². The van der Waals surface area contributed by atoms with Crippen LogP contribution in [0.2, 0.25) is 0 Å². The number of hydrogen-bond donors (Lipinski definition) is 0. The van der Waals surface area contributed by atoms with Gasteiger partial charge in [0.2, 0.25) is 0 Å². The van der Waals surface area contributed by atoms with Crippen LogP contribution in [0, 0.1) is 6.92 Å². The molecule has 3 nitrogen and oxygen atoms in total. The highest BCUT2D eigenvalue weighted by atomic mass is 16.5. The first-order valence-electron chi connectivity index (χ1n) is 9.66. The van der Waals surface area contributed by atoms with Crippen molar-refractivity contribution in [2.24, 2.45) is 4.99 Å². The predicted molar refractivity (Wildman–Crippen MR) is 117 cm³/mol. The quantitative estimate of drug-likeness (QED) is 0.595. The Morgan fingerprint density at radius 1 is 1.15 bits per heavy atom. The van der Waals surface area contributed by atoms with Crippen LogP contribution in [0.1, 0.15) is 50.8 Å². The zero-order chi connectivity index (χ0) is 19.6. The van der Waals surface area contributed by atoms with Gasteiger partial charge in [0.05, 0.1) is 12.6 Å². The van der Waals surface area contributed by atoms with E-state index in [-0.39, 0.29) is 5.54 Å². The summed E-state index contributed by atoms with van der Waals surface area (Å²) >= 11 is 0. The third-order valence-electron chi connectivity index (χ3n) is 5.24. The molecule has 0 amide bonds. The molecule has 0 N–H and O–H groups in total. The third-order valence-corrected chi connectivity index (χ3v) is 5.24. The minimum atomic E-state index is 0.0343. The third kappa shape index (κ3) is 3.78. The van der Waals surface area contributed by atoms with Gasteiger partial charge in [-0.1, -0.05) is 25.1 Å². The van der Waals surface area contributed by atoms with Crippen molar-refractivity contribution in [2.45, 2.75) is 46.6 Å². The average Bonchev–Trinajstić information content (AvgIpc) is 2.63. The molecule has 0 fully saturated rings. The molecule has 0 aromatic heterocycles. The Hall–Kier alpha value is -2.55. The summed E-state index contributed by atoms with van der Waals surface area (Å²) in [7, 11) is 1.68. The van der Waals surface area contributed by atoms with Crippen LogP contribution in [-0.4, -0.2) is 25.4 Å². The number of nitrogens with zero attached hydrogens (tertiary/aromatic N) is 2. The molecule has 1 aliphatic rings. The smallest absolute Gasteiger partial charge is 0.144 e. The van der Waals surface area contributed by atoms with E-state index in [9.17, 15) is 0 Å². The van der Waals surface area contributed by atoms with Crippen LogP contribution in [0.5, 0.6) is 5.75 Å². The van der Waals surface area contributed by atoms with Crippen LogP contribution in [0.4, 0.5) is 11.4 Å². The number of hydrogen-bond acceptors (Lipinski definition) is 3. The van der Waals surface area contributed by atoms with E-state index in [2.05, 4.69) is 62.7 Å². The number of rotatable bonds is 5. The highest BCUT2D eigenvalue weighted by Gasteiger charge is 2.31. The molecule has 2 aromatic rings. The van der Waals surface area contributed by atoms with Crippen LogP contribution < -0.4 is 9.64 Å². The highest BCUT2D eigenvalue weighted by molar-refractivity contribution is 5.90. The fourth-order valence-corrected chi connectivity index (χ4v) is 3.89. The fraction of sp³-hybridized carbons (Fsp3) is 0.375. The number of allylic oxidation sites excluding steroid dienone is 1. The molecule has 0 unspecified atom stereocenters. The molecule has 0 atom stereocenters. The Bertz CT molecular complexity index is 893. The Balaban J connectivity index is 2.04. The lowest BCUT2D eigenvalue weighted by Gasteiger charge is -2.43. The van der Waals surface area contributed by atoms with Crippen molar-refractivity contribution in [2.75, 3.05) is 18.6 Å². The summed E-state index contributed by atoms with van der Waals surface area (Å²) in [6.07, 6.45) is 5.46. The number of methoxy groups -OCH3 is 1. The van der Waals surface area contributed by atoms with Gasteiger partial charge in [-0.15, -0.1) is 0 Å². The lowest BCUT2D eigenvalue weighted by molar-refractivity contribution is 0.416. The molecule has 0 aliphatic carbocycles. The second-order valence-electron chi connectivity index (χ2n) is 7.79. The van der Waals surface area contributed by atoms with Gasteiger partial charge in [-0.2, -0.15) is 0 Å². The fourth-order valence-electron chi connectivity index (χ4n) is 3.89. The molecular weight excluding hydrogens is 332 g/mol. The van der Waals surface area contributed by atoms with Crippen molar-refractivity contribution >= 4 is 23.2 Å². The van der Waals surface area contributed by atoms with Crippen molar-refractivity contribution in [3.63, 3.8) is 0 Å². The van der Waals surface area contributed by atoms with Crippen LogP contribution in [0.3, 0.4) is 0 Å². The number of fused-ring (bicyclic) bond motifs is 1. The number of aryl methyl sites for hydroxylation is 1. The Labute approximate surface area is 163 Å². The molecule has 3 rings (SSSR count). The molecule has 0 radical (unpaired) electrons. The maximum atomic E-state index is 5.41. The van der Waals surface area contributed by atoms with Crippen molar-refractivity contribution in [1.82, 2.24) is 0 Å². The molecule has 0 saturated heterocycles. The molecule has 142 valence electrons. The average molecular weight is 363 g/mol. The lowest BCUT2D eigenvalue weighted by atomic mass is 9.87. The van der Waals surface area contributed by atoms with Gasteiger partial charge >= 0.3 is 0 Å². The zero-order valence-corrected chi connectivity index (χ0v) is 17.3. The Kier molecular flexibility index (Phi) is 5.41. The Morgan fingerprint density at radius 3 is 2.59 bits per heavy atom. The summed E-state index contributed by atoms with van der Waals surface area (Å²) in [6, 6.07) is 12.4. The van der Waals surface area contributed by atoms with E-state index in [1.165, 1.54) is 22.4 Å². The summed E-state index contributed by atoms with van der Waals surface area (Å²) in [5.74, 6) is 0.788. The second kappa shape index (κ2) is 7.59. The van der Waals surface area contributed by atoms with Crippen LogP contribution in [-0.2, 0) is 0 Å². The van der Waals surface area contributed by atoms with E-state index in [4.69, 9.17) is 4.74 Å². The summed E-state index contributed by atoms with van der Waals surface area (Å²) in [6.45, 7) is 12.2. The zero-order valence-electron chi connectivity index (χ0n) is 17.3. The summed E-state index contributed by atoms with van der Waals surface area (Å²) in [4.78, 5) is 7.20. The van der Waals surface area contributed by atoms with Gasteiger partial charge in [-0.3, -0.25) is 4.99 Å². The first-order chi connectivity index (χ1) is 12.9. The van der Waals surface area contributed by atoms with Crippen molar-refractivity contribution < 1.29 is 4.74 Å². The van der Waals surface area contributed by atoms with Crippen molar-refractivity contribution in [3.8, 4) is 5.75 Å². The van der Waals surface area contributed by atoms with Crippen molar-refractivity contribution in [1.29, 1.82) is 0 Å². The SMILES string of the molecule is CCCN1c2cc(C)c(C=Nc3ccccc3OC)cc2C(C)=CC1(C)C. The number of para-hydroxylation sites is 2. The van der Waals surface area contributed by atoms with Gasteiger partial charge in [0.25, 0.3) is 0 Å². The molecular formula is C24H30N2O. The first kappa shape index (κ1) is 19.2. The molecule has 1 aliphatic heterocycles. The summed E-state index contributed by atoms with van der Waals surface area (Å²) in [5.41, 5.74) is 7.21. The first-order valence-corrected chi connectivity index (χ1v) is 9.66. The molecule has 0 spiro atoms. The summed E-state index contributed by atoms with van der Waals surface area (Å²) in [5, 5.41) is 0. The number of benzene rings is 2. The predicted octanol–water partition coefficient (Wildman–Crippen LogP) is 6.17. The second-order valence-corrected chi connectivity index (χ2v) is 7.79. The maximum Gasteiger partial charge on any atom is 0.144 e. The lowest BCUT2D eigenvalue weighted by Crippen LogP contribution is -2.45. The molecule has 1 heterocycles. The number of ether oxygens (including phenoxy) is 1. The van der Waals surface area contributed by atoms with Crippen LogP contribution in [0.25, 0.3) is 5.57 Å². The normalized spacial score (nSPS) is 15.6. The van der Waals surface area contributed by atoms with Gasteiger partial charge in [0.1, 0.15) is 11.4 Å². The van der Waals surface area contributed by atoms with Gasteiger partial charge in [-0.25, -0.2) is 0 Å². The van der Waals surface area contributed by atoms with E-state index < -0.39 is 0 Å². The highest BCUT2D eigenvalue weighted by Crippen LogP contribution is 2.40. The van der Waals surface area contributed by atoms with Gasteiger partial charge in [-0.05, 0) is 75.1 Å². The van der Waals surface area contributed by atoms with Crippen LogP contribution in [0.15, 0.2) is 47.5 Å². The largest absolute Gasteiger partial charge is 0.494 e. The van der Waals surface area contributed by atoms with Crippen LogP contribution >= 0.6 is 0 Å². The molecule has 3 heteroatoms. The molecule has 0 saturated carbocycles. The minimum absolute atomic E-state index is 0.0343. The maximum absolute atomic E-state index is 5.41. The van der Waals surface area contributed by atoms with E-state index in [0.717, 1.165) is 30.0 Å². The van der Waals surface area contributed by atoms with E-state index in [0.29, 0.717) is 0 Å². The van der Waals surface area contributed by atoms with Crippen molar-refractivity contribution in [3.05, 3.63) is 59.2 Å². The molecule has 2 aromatic carbocycles. The van der Waals surface area contributed by atoms with Gasteiger partial charge in [0, 0.05) is 24.0 Å². The van der Waals surface area contributed by atoms with E-state index in [1.54, 1.807) is 7.11 Å². The molecule has 27 heavy (non-hydrogen) atoms. The summed E-state index contributed by atoms with van der Waals surface area (Å²) < 4.78 is 5.41. The molecule has 0 bridgehead atoms. The number of anilines is 1. The topological polar surface area (TPSA) is 24.8 Å². The van der Waals surface area contributed by atoms with Gasteiger partial charge < -0.3 is 9.64 Å². The van der Waals surface area contributed by atoms with Gasteiger partial charge in [0.15, 0.2) is 0 Å². The van der Waals surface area contributed by atoms with E-state index >= 15 is 0 Å². The monoisotopic (exact) mass is 362 g/mol. The Morgan fingerprint density at radius 2 is 1.89 bits per heavy atom.